The molecule has 3 unspecified atom stereocenters. The average molecular weight is 335 g/mol. The van der Waals surface area contributed by atoms with Crippen LogP contribution in [0.4, 0.5) is 0 Å². The zero-order valence-electron chi connectivity index (χ0n) is 13.6. The van der Waals surface area contributed by atoms with E-state index < -0.39 is 9.84 Å². The highest BCUT2D eigenvalue weighted by Gasteiger charge is 2.21. The largest absolute Gasteiger partial charge is 0.381 e. The maximum atomic E-state index is 11.5. The van der Waals surface area contributed by atoms with E-state index in [-0.39, 0.29) is 0 Å². The Bertz CT molecular complexity index is 645. The van der Waals surface area contributed by atoms with Crippen LogP contribution in [0.25, 0.3) is 0 Å². The summed E-state index contributed by atoms with van der Waals surface area (Å²) in [7, 11) is -3.12. The van der Waals surface area contributed by atoms with Gasteiger partial charge in [-0.3, -0.25) is 0 Å². The Kier molecular flexibility index (Phi) is 5.19. The molecule has 0 bridgehead atoms. The minimum absolute atomic E-state index is 0.298. The molecule has 0 aromatic heterocycles. The minimum Gasteiger partial charge on any atom is -0.381 e. The van der Waals surface area contributed by atoms with E-state index in [9.17, 15) is 8.42 Å². The standard InChI is InChI=1S/C18H25NO3S/c1-23(20,21)17-9-6-15(7-10-17)18-4-2-3-16(19-18)8-5-14-11-12-22-13-14/h5-10,14,16,18-19H,2-4,11-13H2,1H3/b8-5-. The zero-order valence-corrected chi connectivity index (χ0v) is 14.4. The number of ether oxygens (including phenoxy) is 1. The van der Waals surface area contributed by atoms with Gasteiger partial charge in [0, 0.05) is 30.9 Å². The van der Waals surface area contributed by atoms with Crippen LogP contribution in [-0.4, -0.2) is 33.9 Å². The van der Waals surface area contributed by atoms with Crippen LogP contribution >= 0.6 is 0 Å². The van der Waals surface area contributed by atoms with Crippen molar-refractivity contribution in [1.29, 1.82) is 0 Å². The first-order valence-corrected chi connectivity index (χ1v) is 10.2. The smallest absolute Gasteiger partial charge is 0.175 e. The Labute approximate surface area is 138 Å². The highest BCUT2D eigenvalue weighted by atomic mass is 32.2. The summed E-state index contributed by atoms with van der Waals surface area (Å²) in [4.78, 5) is 0.384. The van der Waals surface area contributed by atoms with Crippen molar-refractivity contribution >= 4 is 9.84 Å². The van der Waals surface area contributed by atoms with Crippen LogP contribution in [0.1, 0.15) is 37.3 Å². The monoisotopic (exact) mass is 335 g/mol. The van der Waals surface area contributed by atoms with Gasteiger partial charge in [0.05, 0.1) is 11.5 Å². The lowest BCUT2D eigenvalue weighted by Gasteiger charge is -2.30. The molecule has 23 heavy (non-hydrogen) atoms. The van der Waals surface area contributed by atoms with Crippen LogP contribution in [0.5, 0.6) is 0 Å². The van der Waals surface area contributed by atoms with Gasteiger partial charge in [-0.1, -0.05) is 24.3 Å². The molecule has 0 aliphatic carbocycles. The van der Waals surface area contributed by atoms with E-state index in [1.165, 1.54) is 18.2 Å². The van der Waals surface area contributed by atoms with Crippen molar-refractivity contribution in [3.8, 4) is 0 Å². The Balaban J connectivity index is 1.63. The van der Waals surface area contributed by atoms with Crippen LogP contribution in [-0.2, 0) is 14.6 Å². The summed E-state index contributed by atoms with van der Waals surface area (Å²) < 4.78 is 28.5. The van der Waals surface area contributed by atoms with Gasteiger partial charge in [0.15, 0.2) is 9.84 Å². The topological polar surface area (TPSA) is 55.4 Å². The quantitative estimate of drug-likeness (QED) is 0.860. The lowest BCUT2D eigenvalue weighted by molar-refractivity contribution is 0.191. The van der Waals surface area contributed by atoms with Crippen LogP contribution in [0.15, 0.2) is 41.3 Å². The van der Waals surface area contributed by atoms with Crippen LogP contribution in [0, 0.1) is 5.92 Å². The fourth-order valence-electron chi connectivity index (χ4n) is 3.32. The summed E-state index contributed by atoms with van der Waals surface area (Å²) in [6.07, 6.45) is 10.4. The number of nitrogens with one attached hydrogen (secondary N) is 1. The predicted molar refractivity (Wildman–Crippen MR) is 91.1 cm³/mol. The van der Waals surface area contributed by atoms with Gasteiger partial charge in [-0.15, -0.1) is 0 Å². The maximum Gasteiger partial charge on any atom is 0.175 e. The van der Waals surface area contributed by atoms with Gasteiger partial charge in [-0.05, 0) is 43.4 Å². The van der Waals surface area contributed by atoms with Gasteiger partial charge in [-0.25, -0.2) is 8.42 Å². The first-order chi connectivity index (χ1) is 11.0. The second-order valence-corrected chi connectivity index (χ2v) is 8.62. The summed E-state index contributed by atoms with van der Waals surface area (Å²) in [6, 6.07) is 7.98. The lowest BCUT2D eigenvalue weighted by Crippen LogP contribution is -2.35. The molecule has 126 valence electrons. The van der Waals surface area contributed by atoms with Gasteiger partial charge < -0.3 is 10.1 Å². The number of piperidine rings is 1. The van der Waals surface area contributed by atoms with Crippen molar-refractivity contribution in [3.05, 3.63) is 42.0 Å². The molecule has 4 nitrogen and oxygen atoms in total. The van der Waals surface area contributed by atoms with Crippen molar-refractivity contribution < 1.29 is 13.2 Å². The minimum atomic E-state index is -3.12. The molecular weight excluding hydrogens is 310 g/mol. The number of sulfone groups is 1. The van der Waals surface area contributed by atoms with Crippen molar-refractivity contribution in [2.24, 2.45) is 5.92 Å². The fraction of sp³-hybridized carbons (Fsp3) is 0.556. The molecule has 2 heterocycles. The summed E-state index contributed by atoms with van der Waals surface area (Å²) in [5.41, 5.74) is 1.17. The molecule has 0 amide bonds. The normalized spacial score (nSPS) is 29.2. The third-order valence-corrected chi connectivity index (χ3v) is 5.84. The molecule has 1 N–H and O–H groups in total. The Morgan fingerprint density at radius 1 is 1.13 bits per heavy atom. The summed E-state index contributed by atoms with van der Waals surface area (Å²) in [5.74, 6) is 0.561. The molecule has 0 radical (unpaired) electrons. The number of benzene rings is 1. The first-order valence-electron chi connectivity index (χ1n) is 8.34. The highest BCUT2D eigenvalue weighted by Crippen LogP contribution is 2.27. The number of rotatable bonds is 4. The maximum absolute atomic E-state index is 11.5. The van der Waals surface area contributed by atoms with Crippen LogP contribution < -0.4 is 5.32 Å². The van der Waals surface area contributed by atoms with Gasteiger partial charge in [0.2, 0.25) is 0 Å². The van der Waals surface area contributed by atoms with E-state index in [0.717, 1.165) is 32.5 Å². The van der Waals surface area contributed by atoms with E-state index in [2.05, 4.69) is 17.5 Å². The third-order valence-electron chi connectivity index (χ3n) is 4.71. The molecular formula is C18H25NO3S. The van der Waals surface area contributed by atoms with Crippen LogP contribution in [0.2, 0.25) is 0 Å². The van der Waals surface area contributed by atoms with E-state index in [4.69, 9.17) is 4.74 Å². The average Bonchev–Trinajstić information content (AvgIpc) is 3.06. The van der Waals surface area contributed by atoms with Gasteiger partial charge in [0.1, 0.15) is 0 Å². The molecule has 1 aromatic rings. The molecule has 1 aromatic carbocycles. The molecule has 2 aliphatic heterocycles. The van der Waals surface area contributed by atoms with Crippen molar-refractivity contribution in [2.45, 2.75) is 42.7 Å². The Morgan fingerprint density at radius 2 is 1.91 bits per heavy atom. The lowest BCUT2D eigenvalue weighted by atomic mass is 9.92. The van der Waals surface area contributed by atoms with Gasteiger partial charge in [0.25, 0.3) is 0 Å². The summed E-state index contributed by atoms with van der Waals surface area (Å²) in [5, 5.41) is 3.67. The second-order valence-electron chi connectivity index (χ2n) is 6.61. The van der Waals surface area contributed by atoms with Gasteiger partial charge >= 0.3 is 0 Å². The molecule has 2 aliphatic rings. The summed E-state index contributed by atoms with van der Waals surface area (Å²) in [6.45, 7) is 1.72. The van der Waals surface area contributed by atoms with Gasteiger partial charge in [-0.2, -0.15) is 0 Å². The van der Waals surface area contributed by atoms with E-state index >= 15 is 0 Å². The molecule has 2 saturated heterocycles. The number of hydrogen-bond acceptors (Lipinski definition) is 4. The molecule has 3 atom stereocenters. The number of hydrogen-bond donors (Lipinski definition) is 1. The first kappa shape index (κ1) is 16.7. The Morgan fingerprint density at radius 3 is 2.57 bits per heavy atom. The predicted octanol–water partition coefficient (Wildman–Crippen LogP) is 2.87. The van der Waals surface area contributed by atoms with Crippen LogP contribution in [0.3, 0.4) is 0 Å². The zero-order chi connectivity index (χ0) is 16.3. The fourth-order valence-corrected chi connectivity index (χ4v) is 3.96. The Hall–Kier alpha value is -1.17. The second kappa shape index (κ2) is 7.16. The molecule has 5 heteroatoms. The van der Waals surface area contributed by atoms with E-state index in [1.54, 1.807) is 12.1 Å². The highest BCUT2D eigenvalue weighted by molar-refractivity contribution is 7.90. The molecule has 0 saturated carbocycles. The van der Waals surface area contributed by atoms with Crippen molar-refractivity contribution in [3.63, 3.8) is 0 Å². The van der Waals surface area contributed by atoms with Crippen molar-refractivity contribution in [2.75, 3.05) is 19.5 Å². The SMILES string of the molecule is CS(=O)(=O)c1ccc(C2CCCC(/C=C\C3CCOC3)N2)cc1. The molecule has 2 fully saturated rings. The van der Waals surface area contributed by atoms with E-state index in [0.29, 0.717) is 22.9 Å². The van der Waals surface area contributed by atoms with E-state index in [1.807, 2.05) is 12.1 Å². The van der Waals surface area contributed by atoms with Crippen molar-refractivity contribution in [1.82, 2.24) is 5.32 Å². The third kappa shape index (κ3) is 4.43. The summed E-state index contributed by atoms with van der Waals surface area (Å²) >= 11 is 0. The molecule has 0 spiro atoms. The molecule has 3 rings (SSSR count).